The molecule has 348 valence electrons. The maximum Gasteiger partial charge on any atom is 0.305 e. The predicted molar refractivity (Wildman–Crippen MR) is 255 cm³/mol. The molecule has 0 saturated heterocycles. The average Bonchev–Trinajstić information content (AvgIpc) is 3.24. The molecule has 0 aliphatic heterocycles. The highest BCUT2D eigenvalue weighted by molar-refractivity contribution is 5.76. The van der Waals surface area contributed by atoms with Crippen LogP contribution < -0.4 is 5.32 Å². The summed E-state index contributed by atoms with van der Waals surface area (Å²) in [6, 6.07) is -0.633. The minimum Gasteiger partial charge on any atom is -0.466 e. The van der Waals surface area contributed by atoms with Gasteiger partial charge >= 0.3 is 5.97 Å². The van der Waals surface area contributed by atoms with Gasteiger partial charge in [0.2, 0.25) is 5.91 Å². The fraction of sp³-hybridized carbons (Fsp3) is 0.887. The van der Waals surface area contributed by atoms with E-state index in [1.807, 2.05) is 6.08 Å². The van der Waals surface area contributed by atoms with E-state index in [-0.39, 0.29) is 18.5 Å². The van der Waals surface area contributed by atoms with Gasteiger partial charge in [-0.15, -0.1) is 0 Å². The van der Waals surface area contributed by atoms with Crippen molar-refractivity contribution in [3.05, 3.63) is 24.3 Å². The van der Waals surface area contributed by atoms with Gasteiger partial charge in [-0.05, 0) is 57.8 Å². The van der Waals surface area contributed by atoms with Crippen LogP contribution in [0.4, 0.5) is 0 Å². The maximum absolute atomic E-state index is 12.4. The van der Waals surface area contributed by atoms with Crippen molar-refractivity contribution in [2.45, 2.75) is 289 Å². The molecule has 0 heterocycles. The van der Waals surface area contributed by atoms with Crippen LogP contribution in [0.3, 0.4) is 0 Å². The number of carbonyl (C=O) groups is 2. The Labute approximate surface area is 367 Å². The van der Waals surface area contributed by atoms with Gasteiger partial charge in [0.1, 0.15) is 0 Å². The van der Waals surface area contributed by atoms with E-state index >= 15 is 0 Å². The lowest BCUT2D eigenvalue weighted by molar-refractivity contribution is -0.143. The highest BCUT2D eigenvalue weighted by Crippen LogP contribution is 2.16. The molecule has 0 aliphatic carbocycles. The van der Waals surface area contributed by atoms with E-state index in [9.17, 15) is 19.8 Å². The average molecular weight is 832 g/mol. The fourth-order valence-corrected chi connectivity index (χ4v) is 7.92. The highest BCUT2D eigenvalue weighted by atomic mass is 16.5. The molecule has 0 aromatic rings. The largest absolute Gasteiger partial charge is 0.466 e. The second-order valence-electron chi connectivity index (χ2n) is 17.9. The van der Waals surface area contributed by atoms with Gasteiger partial charge < -0.3 is 20.3 Å². The van der Waals surface area contributed by atoms with E-state index in [2.05, 4.69) is 31.3 Å². The molecule has 0 radical (unpaired) electrons. The normalized spacial score (nSPS) is 12.8. The van der Waals surface area contributed by atoms with Gasteiger partial charge in [-0.2, -0.15) is 0 Å². The zero-order valence-corrected chi connectivity index (χ0v) is 39.5. The Kier molecular flexibility index (Phi) is 47.6. The standard InChI is InChI=1S/C53H101NO5/c1-3-5-7-9-11-13-15-17-23-27-31-35-39-43-47-53(58)59-48-44-40-36-32-28-24-20-18-19-22-26-30-34-38-42-46-52(57)54-50(49-55)51(56)45-41-37-33-29-25-21-16-14-12-10-8-6-4-2/h15,17,41,45,50-51,55-56H,3-14,16,18-40,42-44,46-49H2,1-2H3,(H,54,57)/b17-15-,45-41+. The number of carbonyl (C=O) groups excluding carboxylic acids is 2. The summed E-state index contributed by atoms with van der Waals surface area (Å²) >= 11 is 0. The summed E-state index contributed by atoms with van der Waals surface area (Å²) in [5, 5.41) is 23.0. The minimum absolute atomic E-state index is 0.00931. The first kappa shape index (κ1) is 57.3. The van der Waals surface area contributed by atoms with E-state index < -0.39 is 12.1 Å². The summed E-state index contributed by atoms with van der Waals surface area (Å²) in [5.41, 5.74) is 0. The summed E-state index contributed by atoms with van der Waals surface area (Å²) in [6.45, 7) is 4.87. The molecular weight excluding hydrogens is 731 g/mol. The van der Waals surface area contributed by atoms with Crippen molar-refractivity contribution in [2.24, 2.45) is 0 Å². The van der Waals surface area contributed by atoms with E-state index in [0.717, 1.165) is 57.8 Å². The molecule has 59 heavy (non-hydrogen) atoms. The molecule has 0 aromatic carbocycles. The first-order valence-electron chi connectivity index (χ1n) is 26.1. The van der Waals surface area contributed by atoms with Crippen LogP contribution in [0.15, 0.2) is 24.3 Å². The zero-order valence-electron chi connectivity index (χ0n) is 39.5. The van der Waals surface area contributed by atoms with Crippen molar-refractivity contribution < 1.29 is 24.5 Å². The lowest BCUT2D eigenvalue weighted by Gasteiger charge is -2.20. The molecule has 2 atom stereocenters. The Morgan fingerprint density at radius 1 is 0.458 bits per heavy atom. The van der Waals surface area contributed by atoms with Gasteiger partial charge in [0.25, 0.3) is 0 Å². The first-order valence-corrected chi connectivity index (χ1v) is 26.1. The Balaban J connectivity index is 3.46. The van der Waals surface area contributed by atoms with E-state index in [0.29, 0.717) is 19.4 Å². The fourth-order valence-electron chi connectivity index (χ4n) is 7.92. The molecule has 0 spiro atoms. The quantitative estimate of drug-likeness (QED) is 0.0322. The van der Waals surface area contributed by atoms with Crippen LogP contribution in [0, 0.1) is 0 Å². The van der Waals surface area contributed by atoms with Crippen molar-refractivity contribution in [3.8, 4) is 0 Å². The Morgan fingerprint density at radius 3 is 1.20 bits per heavy atom. The van der Waals surface area contributed by atoms with Crippen LogP contribution in [0.1, 0.15) is 277 Å². The summed E-state index contributed by atoms with van der Waals surface area (Å²) in [4.78, 5) is 24.4. The molecule has 0 saturated carbocycles. The highest BCUT2D eigenvalue weighted by Gasteiger charge is 2.18. The van der Waals surface area contributed by atoms with Crippen molar-refractivity contribution in [2.75, 3.05) is 13.2 Å². The van der Waals surface area contributed by atoms with Crippen molar-refractivity contribution in [1.29, 1.82) is 0 Å². The van der Waals surface area contributed by atoms with Crippen LogP contribution >= 0.6 is 0 Å². The number of amides is 1. The van der Waals surface area contributed by atoms with Crippen LogP contribution in [-0.4, -0.2) is 47.4 Å². The summed E-state index contributed by atoms with van der Waals surface area (Å²) in [6.07, 6.45) is 57.4. The van der Waals surface area contributed by atoms with E-state index in [4.69, 9.17) is 4.74 Å². The second-order valence-corrected chi connectivity index (χ2v) is 17.9. The number of aliphatic hydroxyl groups is 2. The smallest absolute Gasteiger partial charge is 0.305 e. The Morgan fingerprint density at radius 2 is 0.797 bits per heavy atom. The number of rotatable bonds is 48. The van der Waals surface area contributed by atoms with Gasteiger partial charge in [-0.1, -0.05) is 231 Å². The molecule has 0 fully saturated rings. The van der Waals surface area contributed by atoms with E-state index in [1.54, 1.807) is 6.08 Å². The molecular formula is C53H101NO5. The van der Waals surface area contributed by atoms with Gasteiger partial charge in [0.05, 0.1) is 25.4 Å². The molecule has 2 unspecified atom stereocenters. The monoisotopic (exact) mass is 832 g/mol. The number of allylic oxidation sites excluding steroid dienone is 3. The minimum atomic E-state index is -0.849. The first-order chi connectivity index (χ1) is 29.0. The van der Waals surface area contributed by atoms with Gasteiger partial charge in [0, 0.05) is 12.8 Å². The molecule has 0 rings (SSSR count). The molecule has 6 nitrogen and oxygen atoms in total. The third kappa shape index (κ3) is 45.7. The van der Waals surface area contributed by atoms with Crippen molar-refractivity contribution in [1.82, 2.24) is 5.32 Å². The van der Waals surface area contributed by atoms with Crippen molar-refractivity contribution >= 4 is 11.9 Å². The number of hydrogen-bond acceptors (Lipinski definition) is 5. The third-order valence-electron chi connectivity index (χ3n) is 12.0. The number of esters is 1. The molecule has 0 bridgehead atoms. The van der Waals surface area contributed by atoms with Gasteiger partial charge in [0.15, 0.2) is 0 Å². The Hall–Kier alpha value is -1.66. The van der Waals surface area contributed by atoms with Gasteiger partial charge in [-0.3, -0.25) is 9.59 Å². The molecule has 0 aromatic heterocycles. The van der Waals surface area contributed by atoms with Crippen LogP contribution in [0.5, 0.6) is 0 Å². The lowest BCUT2D eigenvalue weighted by Crippen LogP contribution is -2.45. The number of unbranched alkanes of at least 4 members (excludes halogenated alkanes) is 35. The summed E-state index contributed by atoms with van der Waals surface area (Å²) in [5.74, 6) is -0.0864. The topological polar surface area (TPSA) is 95.9 Å². The number of aliphatic hydroxyl groups excluding tert-OH is 2. The summed E-state index contributed by atoms with van der Waals surface area (Å²) < 4.78 is 5.46. The van der Waals surface area contributed by atoms with Crippen LogP contribution in [-0.2, 0) is 14.3 Å². The van der Waals surface area contributed by atoms with Crippen LogP contribution in [0.25, 0.3) is 0 Å². The number of nitrogens with one attached hydrogen (secondary N) is 1. The Bertz CT molecular complexity index is 920. The zero-order chi connectivity index (χ0) is 43.0. The molecule has 3 N–H and O–H groups in total. The number of hydrogen-bond donors (Lipinski definition) is 3. The van der Waals surface area contributed by atoms with Crippen LogP contribution in [0.2, 0.25) is 0 Å². The SMILES string of the molecule is CCCCCCC/C=C\CCCCCCCC(=O)OCCCCCCCCCCCCCCCCCC(=O)NC(CO)C(O)/C=C/CCCCCCCCCCCCC. The number of ether oxygens (including phenoxy) is 1. The molecule has 1 amide bonds. The van der Waals surface area contributed by atoms with E-state index in [1.165, 1.54) is 193 Å². The predicted octanol–water partition coefficient (Wildman–Crippen LogP) is 15.5. The lowest BCUT2D eigenvalue weighted by atomic mass is 10.0. The summed E-state index contributed by atoms with van der Waals surface area (Å²) in [7, 11) is 0. The molecule has 6 heteroatoms. The second kappa shape index (κ2) is 49.0. The van der Waals surface area contributed by atoms with Crippen molar-refractivity contribution in [3.63, 3.8) is 0 Å². The molecule has 0 aliphatic rings. The maximum atomic E-state index is 12.4. The van der Waals surface area contributed by atoms with Gasteiger partial charge in [-0.25, -0.2) is 0 Å². The third-order valence-corrected chi connectivity index (χ3v) is 12.0.